The molecule has 4 rings (SSSR count). The van der Waals surface area contributed by atoms with Crippen molar-refractivity contribution in [1.29, 1.82) is 0 Å². The van der Waals surface area contributed by atoms with Gasteiger partial charge in [0.2, 0.25) is 0 Å². The number of piperazine rings is 1. The number of halogens is 1. The highest BCUT2D eigenvalue weighted by molar-refractivity contribution is 7.80. The fraction of sp³-hybridized carbons (Fsp3) is 0.304. The van der Waals surface area contributed by atoms with Crippen molar-refractivity contribution in [3.63, 3.8) is 0 Å². The lowest BCUT2D eigenvalue weighted by Gasteiger charge is -2.36. The summed E-state index contributed by atoms with van der Waals surface area (Å²) in [6, 6.07) is 17.1. The van der Waals surface area contributed by atoms with Crippen molar-refractivity contribution < 1.29 is 4.39 Å². The van der Waals surface area contributed by atoms with E-state index < -0.39 is 0 Å². The van der Waals surface area contributed by atoms with Crippen LogP contribution in [0, 0.1) is 12.7 Å². The summed E-state index contributed by atoms with van der Waals surface area (Å²) in [4.78, 5) is 4.49. The highest BCUT2D eigenvalue weighted by atomic mass is 32.1. The molecular weight excluding hydrogens is 397 g/mol. The second-order valence-corrected chi connectivity index (χ2v) is 8.04. The summed E-state index contributed by atoms with van der Waals surface area (Å²) in [5.74, 6) is 0.578. The molecule has 0 spiro atoms. The minimum absolute atomic E-state index is 0.182. The second-order valence-electron chi connectivity index (χ2n) is 7.65. The Kier molecular flexibility index (Phi) is 6.40. The molecular formula is C23H26FN5S. The molecule has 5 nitrogen and oxygen atoms in total. The van der Waals surface area contributed by atoms with Gasteiger partial charge in [0.05, 0.1) is 6.54 Å². The van der Waals surface area contributed by atoms with E-state index in [1.807, 2.05) is 35.1 Å². The SMILES string of the molecule is Cc1ccccc1Cn1ccc(NC(=S)N2CCN(Cc3cccc(F)c3)CC2)n1. The third-order valence-electron chi connectivity index (χ3n) is 5.42. The van der Waals surface area contributed by atoms with Crippen LogP contribution in [0.1, 0.15) is 16.7 Å². The molecule has 0 radical (unpaired) electrons. The van der Waals surface area contributed by atoms with Crippen molar-refractivity contribution in [1.82, 2.24) is 19.6 Å². The van der Waals surface area contributed by atoms with Gasteiger partial charge in [-0.3, -0.25) is 9.58 Å². The highest BCUT2D eigenvalue weighted by Gasteiger charge is 2.19. The van der Waals surface area contributed by atoms with Crippen LogP contribution in [0.2, 0.25) is 0 Å². The van der Waals surface area contributed by atoms with Gasteiger partial charge in [-0.15, -0.1) is 0 Å². The fourth-order valence-electron chi connectivity index (χ4n) is 3.67. The number of benzene rings is 2. The van der Waals surface area contributed by atoms with E-state index in [0.29, 0.717) is 5.11 Å². The molecule has 0 bridgehead atoms. The van der Waals surface area contributed by atoms with E-state index in [0.717, 1.165) is 50.6 Å². The molecule has 1 aromatic heterocycles. The minimum atomic E-state index is -0.182. The van der Waals surface area contributed by atoms with Gasteiger partial charge in [-0.05, 0) is 48.0 Å². The van der Waals surface area contributed by atoms with Crippen LogP contribution in [0.5, 0.6) is 0 Å². The molecule has 0 amide bonds. The van der Waals surface area contributed by atoms with Gasteiger partial charge in [0.15, 0.2) is 10.9 Å². The monoisotopic (exact) mass is 423 g/mol. The molecule has 0 unspecified atom stereocenters. The minimum Gasteiger partial charge on any atom is -0.346 e. The first-order valence-corrected chi connectivity index (χ1v) is 10.6. The average molecular weight is 424 g/mol. The number of aryl methyl sites for hydroxylation is 1. The summed E-state index contributed by atoms with van der Waals surface area (Å²) in [7, 11) is 0. The lowest BCUT2D eigenvalue weighted by atomic mass is 10.1. The van der Waals surface area contributed by atoms with Gasteiger partial charge in [0.1, 0.15) is 5.82 Å². The highest BCUT2D eigenvalue weighted by Crippen LogP contribution is 2.13. The Labute approximate surface area is 182 Å². The van der Waals surface area contributed by atoms with Gasteiger partial charge in [-0.25, -0.2) is 4.39 Å². The number of anilines is 1. The molecule has 1 saturated heterocycles. The number of nitrogens with zero attached hydrogens (tertiary/aromatic N) is 4. The van der Waals surface area contributed by atoms with Gasteiger partial charge >= 0.3 is 0 Å². The summed E-state index contributed by atoms with van der Waals surface area (Å²) >= 11 is 5.60. The zero-order valence-electron chi connectivity index (χ0n) is 17.1. The Morgan fingerprint density at radius 1 is 1.03 bits per heavy atom. The molecule has 30 heavy (non-hydrogen) atoms. The molecule has 7 heteroatoms. The Hall–Kier alpha value is -2.77. The lowest BCUT2D eigenvalue weighted by molar-refractivity contribution is 0.177. The van der Waals surface area contributed by atoms with Crippen molar-refractivity contribution in [2.75, 3.05) is 31.5 Å². The molecule has 2 heterocycles. The summed E-state index contributed by atoms with van der Waals surface area (Å²) in [5.41, 5.74) is 3.52. The van der Waals surface area contributed by atoms with Crippen molar-refractivity contribution in [2.24, 2.45) is 0 Å². The van der Waals surface area contributed by atoms with Crippen molar-refractivity contribution in [3.8, 4) is 0 Å². The third-order valence-corrected chi connectivity index (χ3v) is 5.78. The molecule has 0 saturated carbocycles. The Bertz CT molecular complexity index is 1010. The van der Waals surface area contributed by atoms with E-state index in [1.165, 1.54) is 17.2 Å². The molecule has 3 aromatic rings. The Morgan fingerprint density at radius 2 is 1.83 bits per heavy atom. The maximum atomic E-state index is 13.4. The van der Waals surface area contributed by atoms with Crippen LogP contribution in [0.25, 0.3) is 0 Å². The van der Waals surface area contributed by atoms with Crippen LogP contribution < -0.4 is 5.32 Å². The number of thiocarbonyl (C=S) groups is 1. The number of nitrogens with one attached hydrogen (secondary N) is 1. The second kappa shape index (κ2) is 9.36. The number of hydrogen-bond donors (Lipinski definition) is 1. The van der Waals surface area contributed by atoms with Crippen molar-refractivity contribution in [3.05, 3.63) is 83.3 Å². The standard InChI is InChI=1S/C23H26FN5S/c1-18-5-2-3-7-20(18)17-29-10-9-22(26-29)25-23(30)28-13-11-27(12-14-28)16-19-6-4-8-21(24)15-19/h2-10,15H,11-14,16-17H2,1H3,(H,25,26,30). The number of hydrogen-bond acceptors (Lipinski definition) is 3. The smallest absolute Gasteiger partial charge is 0.174 e. The normalized spacial score (nSPS) is 14.7. The molecule has 0 atom stereocenters. The number of rotatable bonds is 5. The van der Waals surface area contributed by atoms with E-state index in [2.05, 4.69) is 39.3 Å². The first-order valence-electron chi connectivity index (χ1n) is 10.2. The maximum absolute atomic E-state index is 13.4. The molecule has 156 valence electrons. The fourth-order valence-corrected chi connectivity index (χ4v) is 3.96. The predicted octanol–water partition coefficient (Wildman–Crippen LogP) is 3.89. The summed E-state index contributed by atoms with van der Waals surface area (Å²) in [6.45, 7) is 7.06. The van der Waals surface area contributed by atoms with E-state index in [-0.39, 0.29) is 5.82 Å². The molecule has 1 aliphatic rings. The number of aromatic nitrogens is 2. The Balaban J connectivity index is 1.27. The van der Waals surface area contributed by atoms with E-state index in [1.54, 1.807) is 12.1 Å². The molecule has 1 aliphatic heterocycles. The van der Waals surface area contributed by atoms with Gasteiger partial charge < -0.3 is 10.2 Å². The van der Waals surface area contributed by atoms with E-state index in [9.17, 15) is 4.39 Å². The first kappa shape index (κ1) is 20.5. The topological polar surface area (TPSA) is 36.3 Å². The van der Waals surface area contributed by atoms with Gasteiger partial charge in [-0.1, -0.05) is 36.4 Å². The predicted molar refractivity (Wildman–Crippen MR) is 122 cm³/mol. The quantitative estimate of drug-likeness (QED) is 0.630. The van der Waals surface area contributed by atoms with Crippen LogP contribution in [-0.4, -0.2) is 50.9 Å². The zero-order valence-corrected chi connectivity index (χ0v) is 17.9. The van der Waals surface area contributed by atoms with Crippen LogP contribution in [0.3, 0.4) is 0 Å². The van der Waals surface area contributed by atoms with E-state index >= 15 is 0 Å². The third kappa shape index (κ3) is 5.23. The van der Waals surface area contributed by atoms with Crippen LogP contribution in [0.15, 0.2) is 60.8 Å². The largest absolute Gasteiger partial charge is 0.346 e. The van der Waals surface area contributed by atoms with Gasteiger partial charge in [0, 0.05) is 45.0 Å². The molecule has 1 N–H and O–H groups in total. The van der Waals surface area contributed by atoms with Crippen LogP contribution >= 0.6 is 12.2 Å². The zero-order chi connectivity index (χ0) is 20.9. The van der Waals surface area contributed by atoms with Crippen LogP contribution in [0.4, 0.5) is 10.2 Å². The van der Waals surface area contributed by atoms with Gasteiger partial charge in [0.25, 0.3) is 0 Å². The molecule has 2 aromatic carbocycles. The average Bonchev–Trinajstić information content (AvgIpc) is 3.17. The van der Waals surface area contributed by atoms with Gasteiger partial charge in [-0.2, -0.15) is 5.10 Å². The van der Waals surface area contributed by atoms with Crippen molar-refractivity contribution >= 4 is 23.1 Å². The summed E-state index contributed by atoms with van der Waals surface area (Å²) < 4.78 is 15.3. The Morgan fingerprint density at radius 3 is 2.60 bits per heavy atom. The summed E-state index contributed by atoms with van der Waals surface area (Å²) in [6.07, 6.45) is 1.97. The van der Waals surface area contributed by atoms with Crippen LogP contribution in [-0.2, 0) is 13.1 Å². The first-order chi connectivity index (χ1) is 14.6. The maximum Gasteiger partial charge on any atom is 0.174 e. The molecule has 1 fully saturated rings. The molecule has 0 aliphatic carbocycles. The lowest BCUT2D eigenvalue weighted by Crippen LogP contribution is -2.49. The van der Waals surface area contributed by atoms with Crippen molar-refractivity contribution in [2.45, 2.75) is 20.0 Å². The summed E-state index contributed by atoms with van der Waals surface area (Å²) in [5, 5.41) is 8.56. The van der Waals surface area contributed by atoms with E-state index in [4.69, 9.17) is 12.2 Å².